The Morgan fingerprint density at radius 1 is 1.02 bits per heavy atom. The second-order valence-corrected chi connectivity index (χ2v) is 16.3. The van der Waals surface area contributed by atoms with Crippen LogP contribution in [0.3, 0.4) is 0 Å². The number of amides is 1. The lowest BCUT2D eigenvalue weighted by molar-refractivity contribution is 0.0784. The predicted molar refractivity (Wildman–Crippen MR) is 162 cm³/mol. The van der Waals surface area contributed by atoms with Crippen LogP contribution in [0.2, 0.25) is 25.7 Å². The molecule has 12 nitrogen and oxygen atoms in total. The first-order valence-electron chi connectivity index (χ1n) is 13.3. The number of hydrogen-bond acceptors (Lipinski definition) is 10. The molecule has 0 atom stereocenters. The number of rotatable bonds is 12. The average Bonchev–Trinajstić information content (AvgIpc) is 3.38. The van der Waals surface area contributed by atoms with Crippen molar-refractivity contribution in [1.82, 2.24) is 35.0 Å². The van der Waals surface area contributed by atoms with E-state index in [2.05, 4.69) is 60.6 Å². The molecule has 0 radical (unpaired) electrons. The van der Waals surface area contributed by atoms with Crippen molar-refractivity contribution in [1.29, 1.82) is 0 Å². The van der Waals surface area contributed by atoms with Gasteiger partial charge in [-0.1, -0.05) is 25.7 Å². The van der Waals surface area contributed by atoms with Gasteiger partial charge in [-0.2, -0.15) is 0 Å². The summed E-state index contributed by atoms with van der Waals surface area (Å²) in [5.74, 6) is 2.49. The van der Waals surface area contributed by atoms with Crippen LogP contribution in [0.1, 0.15) is 21.9 Å². The van der Waals surface area contributed by atoms with Crippen molar-refractivity contribution in [2.24, 2.45) is 0 Å². The third-order valence-electron chi connectivity index (χ3n) is 6.08. The van der Waals surface area contributed by atoms with Crippen LogP contribution in [0.4, 0.5) is 23.0 Å². The summed E-state index contributed by atoms with van der Waals surface area (Å²) in [6.45, 7) is 11.7. The number of ether oxygens (including phenoxy) is 2. The summed E-state index contributed by atoms with van der Waals surface area (Å²) in [6.07, 6.45) is 3.15. The lowest BCUT2D eigenvalue weighted by Crippen LogP contribution is -2.22. The van der Waals surface area contributed by atoms with Crippen LogP contribution in [-0.2, 0) is 11.5 Å². The Balaban J connectivity index is 1.60. The molecule has 0 aliphatic carbocycles. The standard InChI is InChI=1S/C28H37N9O3Si/c1-18-13-25(33-19(2)32-18)35-24-14-23(21(15-30-24)28(38)29-3)34-22-10-8-9-20(26(22)39-4)27-31-16-37(36-27)17-40-11-12-41(5,6)7/h8-10,13-16H,11-12,17H2,1-7H3,(H,29,38)(H2,30,32,33,34,35). The molecule has 0 aliphatic heterocycles. The summed E-state index contributed by atoms with van der Waals surface area (Å²) < 4.78 is 13.3. The van der Waals surface area contributed by atoms with Crippen molar-refractivity contribution in [3.63, 3.8) is 0 Å². The van der Waals surface area contributed by atoms with E-state index in [4.69, 9.17) is 9.47 Å². The van der Waals surface area contributed by atoms with E-state index in [1.165, 1.54) is 6.20 Å². The minimum absolute atomic E-state index is 0.287. The first-order chi connectivity index (χ1) is 19.6. The van der Waals surface area contributed by atoms with Gasteiger partial charge in [-0.15, -0.1) is 5.10 Å². The molecule has 0 bridgehead atoms. The number of para-hydroxylation sites is 1. The fraction of sp³-hybridized carbons (Fsp3) is 0.357. The number of benzene rings is 1. The number of methoxy groups -OCH3 is 1. The van der Waals surface area contributed by atoms with Crippen molar-refractivity contribution in [2.45, 2.75) is 46.3 Å². The number of pyridine rings is 1. The molecule has 0 saturated carbocycles. The second-order valence-electron chi connectivity index (χ2n) is 10.7. The Morgan fingerprint density at radius 2 is 1.83 bits per heavy atom. The fourth-order valence-electron chi connectivity index (χ4n) is 4.05. The van der Waals surface area contributed by atoms with Crippen LogP contribution in [0.25, 0.3) is 11.4 Å². The van der Waals surface area contributed by atoms with Crippen LogP contribution < -0.4 is 20.7 Å². The zero-order valence-electron chi connectivity index (χ0n) is 24.6. The fourth-order valence-corrected chi connectivity index (χ4v) is 4.80. The summed E-state index contributed by atoms with van der Waals surface area (Å²) in [6, 6.07) is 10.3. The Bertz CT molecular complexity index is 1500. The van der Waals surface area contributed by atoms with Gasteiger partial charge >= 0.3 is 0 Å². The van der Waals surface area contributed by atoms with E-state index >= 15 is 0 Å². The van der Waals surface area contributed by atoms with Gasteiger partial charge < -0.3 is 25.4 Å². The maximum atomic E-state index is 12.7. The monoisotopic (exact) mass is 575 g/mol. The molecule has 4 aromatic rings. The summed E-state index contributed by atoms with van der Waals surface area (Å²) in [7, 11) is 1.99. The number of aromatic nitrogens is 6. The Morgan fingerprint density at radius 3 is 2.54 bits per heavy atom. The van der Waals surface area contributed by atoms with Gasteiger partial charge in [0.15, 0.2) is 11.6 Å². The molecular weight excluding hydrogens is 538 g/mol. The SMILES string of the molecule is CNC(=O)c1cnc(Nc2cc(C)nc(C)n2)cc1Nc1cccc(-c2ncn(COCC[Si](C)(C)C)n2)c1OC. The number of carbonyl (C=O) groups is 1. The molecule has 0 saturated heterocycles. The maximum Gasteiger partial charge on any atom is 0.254 e. The molecule has 1 aromatic carbocycles. The molecule has 4 rings (SSSR count). The van der Waals surface area contributed by atoms with E-state index in [-0.39, 0.29) is 5.91 Å². The zero-order valence-corrected chi connectivity index (χ0v) is 25.6. The van der Waals surface area contributed by atoms with Gasteiger partial charge in [0.25, 0.3) is 5.91 Å². The van der Waals surface area contributed by atoms with Gasteiger partial charge in [0, 0.05) is 45.8 Å². The number of carbonyl (C=O) groups excluding carboxylic acids is 1. The normalized spacial score (nSPS) is 11.3. The quantitative estimate of drug-likeness (QED) is 0.157. The summed E-state index contributed by atoms with van der Waals surface area (Å²) >= 11 is 0. The van der Waals surface area contributed by atoms with Crippen LogP contribution in [0.5, 0.6) is 5.75 Å². The zero-order chi connectivity index (χ0) is 29.6. The van der Waals surface area contributed by atoms with E-state index in [0.29, 0.717) is 64.9 Å². The second kappa shape index (κ2) is 12.9. The van der Waals surface area contributed by atoms with Gasteiger partial charge in [-0.3, -0.25) is 4.79 Å². The molecule has 0 aliphatic rings. The lowest BCUT2D eigenvalue weighted by Gasteiger charge is -2.17. The van der Waals surface area contributed by atoms with Gasteiger partial charge in [-0.25, -0.2) is 24.6 Å². The lowest BCUT2D eigenvalue weighted by atomic mass is 10.1. The number of nitrogens with one attached hydrogen (secondary N) is 3. The van der Waals surface area contributed by atoms with Gasteiger partial charge in [0.2, 0.25) is 0 Å². The first kappa shape index (κ1) is 29.6. The molecular formula is C28H37N9O3Si. The smallest absolute Gasteiger partial charge is 0.254 e. The van der Waals surface area contributed by atoms with Gasteiger partial charge in [0.1, 0.15) is 30.5 Å². The van der Waals surface area contributed by atoms with Crippen LogP contribution in [-0.4, -0.2) is 64.5 Å². The minimum atomic E-state index is -1.17. The topological polar surface area (TPSA) is 141 Å². The van der Waals surface area contributed by atoms with E-state index in [9.17, 15) is 4.79 Å². The molecule has 13 heteroatoms. The molecule has 41 heavy (non-hydrogen) atoms. The largest absolute Gasteiger partial charge is 0.494 e. The Hall–Kier alpha value is -4.36. The van der Waals surface area contributed by atoms with E-state index in [1.807, 2.05) is 38.1 Å². The maximum absolute atomic E-state index is 12.7. The molecule has 1 amide bonds. The molecule has 0 unspecified atom stereocenters. The van der Waals surface area contributed by atoms with Crippen LogP contribution in [0, 0.1) is 13.8 Å². The van der Waals surface area contributed by atoms with E-state index in [0.717, 1.165) is 11.7 Å². The van der Waals surface area contributed by atoms with Crippen molar-refractivity contribution in [3.8, 4) is 17.1 Å². The van der Waals surface area contributed by atoms with E-state index in [1.54, 1.807) is 31.2 Å². The Labute approximate surface area is 241 Å². The van der Waals surface area contributed by atoms with Gasteiger partial charge in [-0.05, 0) is 32.0 Å². The number of aryl methyl sites for hydroxylation is 2. The van der Waals surface area contributed by atoms with Crippen molar-refractivity contribution < 1.29 is 14.3 Å². The highest BCUT2D eigenvalue weighted by Crippen LogP contribution is 2.37. The molecule has 216 valence electrons. The number of nitrogens with zero attached hydrogens (tertiary/aromatic N) is 6. The third-order valence-corrected chi connectivity index (χ3v) is 7.79. The first-order valence-corrected chi connectivity index (χ1v) is 17.0. The third kappa shape index (κ3) is 7.86. The predicted octanol–water partition coefficient (Wildman–Crippen LogP) is 4.91. The minimum Gasteiger partial charge on any atom is -0.494 e. The van der Waals surface area contributed by atoms with Crippen molar-refractivity contribution in [2.75, 3.05) is 31.4 Å². The summed E-state index contributed by atoms with van der Waals surface area (Å²) in [5.41, 5.74) is 3.03. The number of hydrogen-bond donors (Lipinski definition) is 3. The van der Waals surface area contributed by atoms with Crippen molar-refractivity contribution >= 4 is 37.0 Å². The van der Waals surface area contributed by atoms with Crippen molar-refractivity contribution in [3.05, 3.63) is 59.9 Å². The van der Waals surface area contributed by atoms with Gasteiger partial charge in [0.05, 0.1) is 29.6 Å². The average molecular weight is 576 g/mol. The highest BCUT2D eigenvalue weighted by molar-refractivity contribution is 6.76. The highest BCUT2D eigenvalue weighted by Gasteiger charge is 2.19. The molecule has 3 N–H and O–H groups in total. The van der Waals surface area contributed by atoms with Crippen LogP contribution in [0.15, 0.2) is 42.9 Å². The molecule has 3 heterocycles. The Kier molecular flexibility index (Phi) is 9.30. The molecule has 0 fully saturated rings. The van der Waals surface area contributed by atoms with E-state index < -0.39 is 8.07 Å². The number of anilines is 4. The highest BCUT2D eigenvalue weighted by atomic mass is 28.3. The summed E-state index contributed by atoms with van der Waals surface area (Å²) in [5, 5.41) is 13.8. The van der Waals surface area contributed by atoms with Crippen LogP contribution >= 0.6 is 0 Å². The summed E-state index contributed by atoms with van der Waals surface area (Å²) in [4.78, 5) is 30.3. The molecule has 3 aromatic heterocycles. The molecule has 0 spiro atoms.